The molecule has 0 aromatic carbocycles. The molecule has 10 atom stereocenters. The quantitative estimate of drug-likeness (QED) is 0.0519. The smallest absolute Gasteiger partial charge is 0.308 e. The Morgan fingerprint density at radius 2 is 1.70 bits per heavy atom. The van der Waals surface area contributed by atoms with Crippen LogP contribution < -0.4 is 0 Å². The van der Waals surface area contributed by atoms with Crippen molar-refractivity contribution in [3.63, 3.8) is 0 Å². The Bertz CT molecular complexity index is 1270. The van der Waals surface area contributed by atoms with Crippen LogP contribution in [0.1, 0.15) is 122 Å². The number of epoxide rings is 1. The second-order valence-electron chi connectivity index (χ2n) is 17.9. The number of cyclic esters (lactones) is 1. The third-order valence-corrected chi connectivity index (χ3v) is 21.6. The Hall–Kier alpha value is -1.61. The van der Waals surface area contributed by atoms with Crippen LogP contribution in [0.15, 0.2) is 36.0 Å². The number of aliphatic hydroxyl groups is 2. The standard InChI is InChI=1S/C42H76O9Si2/c1-16-34(44)31(7)39-35(48-39)28-41(12,46)25-20-21-29(5)38-30(6)22-23-36(47-32(8)43)42(13,51-53(17-2,18-3)19-4)26-24-33(27-37(45)49-38)50-52(14,15)40(9,10)11/h20-23,25,30-31,33-36,38-39,44,46H,16-19,24,26-28H2,1-15H3/b23-22-,25-20+,29-21+/t30-,31+,33+,34-,35+,36-,38+,39-,41-,42+/m0/s1. The Morgan fingerprint density at radius 3 is 2.23 bits per heavy atom. The molecule has 0 aliphatic carbocycles. The summed E-state index contributed by atoms with van der Waals surface area (Å²) in [4.78, 5) is 26.5. The molecule has 1 saturated heterocycles. The lowest BCUT2D eigenvalue weighted by atomic mass is 9.88. The first kappa shape index (κ1) is 47.5. The van der Waals surface area contributed by atoms with Gasteiger partial charge in [-0.25, -0.2) is 0 Å². The number of hydrogen-bond donors (Lipinski definition) is 2. The Balaban J connectivity index is 2.53. The van der Waals surface area contributed by atoms with Crippen molar-refractivity contribution in [3.8, 4) is 0 Å². The molecule has 9 nitrogen and oxygen atoms in total. The number of carbonyl (C=O) groups excluding carboxylic acids is 2. The Morgan fingerprint density at radius 1 is 1.09 bits per heavy atom. The van der Waals surface area contributed by atoms with E-state index in [2.05, 4.69) is 61.6 Å². The van der Waals surface area contributed by atoms with Crippen LogP contribution in [0.4, 0.5) is 0 Å². The Labute approximate surface area is 324 Å². The molecule has 53 heavy (non-hydrogen) atoms. The number of esters is 2. The van der Waals surface area contributed by atoms with Crippen molar-refractivity contribution < 1.29 is 42.9 Å². The minimum atomic E-state index is -2.29. The normalized spacial score (nSPS) is 31.1. The minimum Gasteiger partial charge on any atom is -0.457 e. The number of allylic oxidation sites excluding steroid dienone is 2. The lowest BCUT2D eigenvalue weighted by Crippen LogP contribution is -2.53. The molecule has 0 radical (unpaired) electrons. The van der Waals surface area contributed by atoms with E-state index in [-0.39, 0.29) is 47.4 Å². The molecule has 0 aromatic heterocycles. The molecule has 0 saturated carbocycles. The summed E-state index contributed by atoms with van der Waals surface area (Å²) in [5.41, 5.74) is -1.16. The Kier molecular flexibility index (Phi) is 17.5. The molecule has 2 aliphatic heterocycles. The number of hydrogen-bond acceptors (Lipinski definition) is 9. The molecule has 0 amide bonds. The van der Waals surface area contributed by atoms with Crippen LogP contribution in [0.3, 0.4) is 0 Å². The molecule has 2 rings (SSSR count). The molecular formula is C42H76O9Si2. The monoisotopic (exact) mass is 781 g/mol. The zero-order chi connectivity index (χ0) is 40.6. The van der Waals surface area contributed by atoms with Gasteiger partial charge in [0.15, 0.2) is 16.6 Å². The van der Waals surface area contributed by atoms with Crippen molar-refractivity contribution >= 4 is 28.6 Å². The predicted octanol–water partition coefficient (Wildman–Crippen LogP) is 9.20. The molecular weight excluding hydrogens is 705 g/mol. The van der Waals surface area contributed by atoms with E-state index >= 15 is 0 Å². The summed E-state index contributed by atoms with van der Waals surface area (Å²) in [6.07, 6.45) is 9.27. The molecule has 0 aromatic rings. The number of aliphatic hydroxyl groups excluding tert-OH is 1. The summed E-state index contributed by atoms with van der Waals surface area (Å²) in [6, 6.07) is 2.83. The van der Waals surface area contributed by atoms with Crippen LogP contribution in [-0.2, 0) is 32.7 Å². The first-order valence-corrected chi connectivity index (χ1v) is 25.7. The van der Waals surface area contributed by atoms with Gasteiger partial charge in [0.1, 0.15) is 12.2 Å². The molecule has 0 unspecified atom stereocenters. The van der Waals surface area contributed by atoms with Gasteiger partial charge in [-0.1, -0.05) is 86.6 Å². The molecule has 2 aliphatic rings. The fourth-order valence-electron chi connectivity index (χ4n) is 7.22. The second-order valence-corrected chi connectivity index (χ2v) is 27.3. The molecule has 0 spiro atoms. The van der Waals surface area contributed by atoms with Gasteiger partial charge < -0.3 is 33.3 Å². The molecule has 306 valence electrons. The van der Waals surface area contributed by atoms with Gasteiger partial charge >= 0.3 is 11.9 Å². The number of rotatable bonds is 16. The third kappa shape index (κ3) is 13.8. The van der Waals surface area contributed by atoms with Crippen LogP contribution in [0.2, 0.25) is 36.3 Å². The van der Waals surface area contributed by atoms with E-state index in [4.69, 9.17) is 23.1 Å². The van der Waals surface area contributed by atoms with Gasteiger partial charge in [-0.3, -0.25) is 9.59 Å². The highest BCUT2D eigenvalue weighted by Gasteiger charge is 2.48. The largest absolute Gasteiger partial charge is 0.457 e. The van der Waals surface area contributed by atoms with Crippen molar-refractivity contribution in [1.29, 1.82) is 0 Å². The highest BCUT2D eigenvalue weighted by atomic mass is 28.4. The van der Waals surface area contributed by atoms with E-state index in [1.54, 1.807) is 19.1 Å². The first-order chi connectivity index (χ1) is 24.4. The van der Waals surface area contributed by atoms with Crippen LogP contribution in [0.25, 0.3) is 0 Å². The summed E-state index contributed by atoms with van der Waals surface area (Å²) < 4.78 is 32.3. The highest BCUT2D eigenvalue weighted by molar-refractivity contribution is 6.74. The predicted molar refractivity (Wildman–Crippen MR) is 219 cm³/mol. The number of ether oxygens (including phenoxy) is 3. The molecule has 2 N–H and O–H groups in total. The van der Waals surface area contributed by atoms with Gasteiger partial charge in [0.2, 0.25) is 0 Å². The van der Waals surface area contributed by atoms with E-state index in [1.165, 1.54) is 6.92 Å². The molecule has 1 fully saturated rings. The fraction of sp³-hybridized carbons (Fsp3) is 0.810. The second kappa shape index (κ2) is 19.5. The highest BCUT2D eigenvalue weighted by Crippen LogP contribution is 2.41. The molecule has 0 bridgehead atoms. The van der Waals surface area contributed by atoms with Crippen LogP contribution in [-0.4, -0.2) is 86.6 Å². The summed E-state index contributed by atoms with van der Waals surface area (Å²) in [5.74, 6) is -0.982. The van der Waals surface area contributed by atoms with Gasteiger partial charge in [0.05, 0.1) is 42.0 Å². The van der Waals surface area contributed by atoms with Crippen molar-refractivity contribution in [2.24, 2.45) is 11.8 Å². The minimum absolute atomic E-state index is 0.00329. The SMILES string of the molecule is CC[C@H](O)[C@@H](C)[C@@H]1O[C@@H]1C[C@@](C)(O)/C=C/C=C(\C)[C@H]1OC(=O)C[C@H](O[Si](C)(C)C(C)(C)C)CC[C@@](C)(O[Si](CC)(CC)CC)[C@@H](OC(C)=O)/C=C\[C@@H]1C. The van der Waals surface area contributed by atoms with Crippen LogP contribution in [0, 0.1) is 11.8 Å². The zero-order valence-electron chi connectivity index (χ0n) is 35.9. The van der Waals surface area contributed by atoms with E-state index in [0.29, 0.717) is 25.7 Å². The maximum atomic E-state index is 13.8. The lowest BCUT2D eigenvalue weighted by Gasteiger charge is -2.45. The van der Waals surface area contributed by atoms with Crippen molar-refractivity contribution in [3.05, 3.63) is 36.0 Å². The van der Waals surface area contributed by atoms with Gasteiger partial charge in [-0.15, -0.1) is 0 Å². The van der Waals surface area contributed by atoms with E-state index in [1.807, 2.05) is 45.9 Å². The summed E-state index contributed by atoms with van der Waals surface area (Å²) >= 11 is 0. The lowest BCUT2D eigenvalue weighted by molar-refractivity contribution is -0.155. The average Bonchev–Trinajstić information content (AvgIpc) is 3.82. The summed E-state index contributed by atoms with van der Waals surface area (Å²) in [5, 5.41) is 21.4. The van der Waals surface area contributed by atoms with E-state index in [0.717, 1.165) is 23.7 Å². The van der Waals surface area contributed by atoms with Gasteiger partial charge in [-0.2, -0.15) is 0 Å². The molecule has 11 heteroatoms. The summed E-state index contributed by atoms with van der Waals surface area (Å²) in [6.45, 7) is 30.6. The van der Waals surface area contributed by atoms with Crippen molar-refractivity contribution in [2.75, 3.05) is 0 Å². The number of carbonyl (C=O) groups is 2. The van der Waals surface area contributed by atoms with Gasteiger partial charge in [0, 0.05) is 25.2 Å². The van der Waals surface area contributed by atoms with Crippen molar-refractivity contribution in [1.82, 2.24) is 0 Å². The maximum Gasteiger partial charge on any atom is 0.308 e. The zero-order valence-corrected chi connectivity index (χ0v) is 37.9. The third-order valence-electron chi connectivity index (χ3n) is 12.3. The van der Waals surface area contributed by atoms with Crippen LogP contribution >= 0.6 is 0 Å². The summed E-state index contributed by atoms with van der Waals surface area (Å²) in [7, 11) is -4.47. The molecule has 2 heterocycles. The van der Waals surface area contributed by atoms with Gasteiger partial charge in [0.25, 0.3) is 0 Å². The topological polar surface area (TPSA) is 124 Å². The fourth-order valence-corrected chi connectivity index (χ4v) is 11.7. The van der Waals surface area contributed by atoms with Gasteiger partial charge in [-0.05, 0) is 87.9 Å². The van der Waals surface area contributed by atoms with Crippen LogP contribution in [0.5, 0.6) is 0 Å². The van der Waals surface area contributed by atoms with E-state index in [9.17, 15) is 19.8 Å². The van der Waals surface area contributed by atoms with Crippen molar-refractivity contribution in [2.45, 2.75) is 206 Å². The van der Waals surface area contributed by atoms with E-state index < -0.39 is 52.3 Å². The first-order valence-electron chi connectivity index (χ1n) is 20.2. The maximum absolute atomic E-state index is 13.8. The average molecular weight is 781 g/mol.